The molecule has 1 aliphatic heterocycles. The van der Waals surface area contributed by atoms with Crippen molar-refractivity contribution >= 4 is 17.3 Å². The Morgan fingerprint density at radius 3 is 2.62 bits per heavy atom. The molecule has 0 atom stereocenters. The molecule has 4 nitrogen and oxygen atoms in total. The lowest BCUT2D eigenvalue weighted by Crippen LogP contribution is -2.56. The lowest BCUT2D eigenvalue weighted by atomic mass is 10.1. The van der Waals surface area contributed by atoms with Crippen LogP contribution in [0.3, 0.4) is 0 Å². The van der Waals surface area contributed by atoms with E-state index in [1.54, 1.807) is 12.1 Å². The molecule has 0 amide bonds. The largest absolute Gasteiger partial charge is 0.870 e. The molecule has 2 rings (SSSR count). The summed E-state index contributed by atoms with van der Waals surface area (Å²) < 4.78 is 0. The van der Waals surface area contributed by atoms with Gasteiger partial charge >= 0.3 is 0 Å². The van der Waals surface area contributed by atoms with Crippen molar-refractivity contribution in [3.8, 4) is 0 Å². The SMILES string of the molecule is O=[NH+]c1ccc(Cl)cc1CN1CCCC1.[OH-]. The molecule has 1 aromatic carbocycles. The van der Waals surface area contributed by atoms with E-state index in [-0.39, 0.29) is 5.48 Å². The van der Waals surface area contributed by atoms with E-state index in [2.05, 4.69) is 4.90 Å². The zero-order valence-electron chi connectivity index (χ0n) is 8.95. The van der Waals surface area contributed by atoms with Crippen LogP contribution in [-0.4, -0.2) is 23.5 Å². The number of halogens is 1. The number of hydrogen-bond donors (Lipinski definition) is 1. The highest BCUT2D eigenvalue weighted by atomic mass is 35.5. The third-order valence-corrected chi connectivity index (χ3v) is 3.00. The average Bonchev–Trinajstić information content (AvgIpc) is 2.71. The van der Waals surface area contributed by atoms with Crippen LogP contribution in [0.5, 0.6) is 0 Å². The van der Waals surface area contributed by atoms with Crippen LogP contribution < -0.4 is 5.18 Å². The number of rotatable bonds is 3. The van der Waals surface area contributed by atoms with Crippen LogP contribution >= 0.6 is 11.6 Å². The Morgan fingerprint density at radius 2 is 2.00 bits per heavy atom. The molecule has 0 unspecified atom stereocenters. The van der Waals surface area contributed by atoms with E-state index in [1.807, 2.05) is 11.2 Å². The summed E-state index contributed by atoms with van der Waals surface area (Å²) >= 11 is 5.91. The zero-order valence-corrected chi connectivity index (χ0v) is 9.70. The van der Waals surface area contributed by atoms with E-state index in [0.717, 1.165) is 25.2 Å². The van der Waals surface area contributed by atoms with Crippen molar-refractivity contribution in [2.75, 3.05) is 13.1 Å². The number of nitrogens with zero attached hydrogens (tertiary/aromatic N) is 1. The minimum absolute atomic E-state index is 0. The summed E-state index contributed by atoms with van der Waals surface area (Å²) in [7, 11) is 0. The van der Waals surface area contributed by atoms with Crippen LogP contribution in [0, 0.1) is 4.91 Å². The topological polar surface area (TPSA) is 64.3 Å². The van der Waals surface area contributed by atoms with E-state index >= 15 is 0 Å². The maximum Gasteiger partial charge on any atom is 0.257 e. The predicted octanol–water partition coefficient (Wildman–Crippen LogP) is 1.24. The lowest BCUT2D eigenvalue weighted by molar-refractivity contribution is -0.380. The Balaban J connectivity index is 0.00000128. The van der Waals surface area contributed by atoms with Crippen LogP contribution in [-0.2, 0) is 6.54 Å². The second kappa shape index (κ2) is 5.94. The summed E-state index contributed by atoms with van der Waals surface area (Å²) in [6.07, 6.45) is 2.50. The van der Waals surface area contributed by atoms with Crippen molar-refractivity contribution in [1.82, 2.24) is 4.90 Å². The fourth-order valence-electron chi connectivity index (χ4n) is 1.97. The molecule has 1 aromatic rings. The Labute approximate surface area is 99.5 Å². The van der Waals surface area contributed by atoms with E-state index in [9.17, 15) is 4.91 Å². The molecule has 0 saturated carbocycles. The fraction of sp³-hybridized carbons (Fsp3) is 0.455. The molecule has 16 heavy (non-hydrogen) atoms. The number of benzene rings is 1. The first-order valence-electron chi connectivity index (χ1n) is 5.18. The standard InChI is InChI=1S/C11H13ClN2O.H2O/c12-10-3-4-11(13-15)9(7-10)8-14-5-1-2-6-14;/h3-4,7H,1-2,5-6,8H2;1H2. The van der Waals surface area contributed by atoms with E-state index in [0.29, 0.717) is 10.7 Å². The smallest absolute Gasteiger partial charge is 0.257 e. The Kier molecular flexibility index (Phi) is 4.86. The first-order valence-corrected chi connectivity index (χ1v) is 5.56. The van der Waals surface area contributed by atoms with Crippen molar-refractivity contribution in [3.63, 3.8) is 0 Å². The third kappa shape index (κ3) is 3.01. The van der Waals surface area contributed by atoms with Gasteiger partial charge in [0.25, 0.3) is 5.69 Å². The molecule has 0 bridgehead atoms. The predicted molar refractivity (Wildman–Crippen MR) is 61.9 cm³/mol. The first kappa shape index (κ1) is 13.1. The van der Waals surface area contributed by atoms with Crippen LogP contribution in [0.4, 0.5) is 5.69 Å². The summed E-state index contributed by atoms with van der Waals surface area (Å²) in [6, 6.07) is 5.33. The molecule has 0 aliphatic carbocycles. The van der Waals surface area contributed by atoms with Gasteiger partial charge in [0, 0.05) is 33.3 Å². The van der Waals surface area contributed by atoms with Crippen LogP contribution in [0.2, 0.25) is 5.02 Å². The second-order valence-electron chi connectivity index (χ2n) is 3.89. The van der Waals surface area contributed by atoms with Crippen molar-refractivity contribution in [2.45, 2.75) is 19.4 Å². The fourth-order valence-corrected chi connectivity index (χ4v) is 2.17. The van der Waals surface area contributed by atoms with Gasteiger partial charge in [-0.05, 0) is 38.1 Å². The molecule has 1 fully saturated rings. The number of nitrogens with one attached hydrogen (secondary N) is 1. The van der Waals surface area contributed by atoms with Gasteiger partial charge in [-0.25, -0.2) is 0 Å². The Hall–Kier alpha value is -0.970. The number of nitroso groups, excluding NO2 is 1. The van der Waals surface area contributed by atoms with Gasteiger partial charge < -0.3 is 5.48 Å². The second-order valence-corrected chi connectivity index (χ2v) is 4.32. The molecule has 2 N–H and O–H groups in total. The summed E-state index contributed by atoms with van der Waals surface area (Å²) in [5, 5.41) is 2.64. The van der Waals surface area contributed by atoms with Crippen LogP contribution in [0.1, 0.15) is 18.4 Å². The molecule has 88 valence electrons. The highest BCUT2D eigenvalue weighted by Crippen LogP contribution is 2.20. The quantitative estimate of drug-likeness (QED) is 0.867. The van der Waals surface area contributed by atoms with Gasteiger partial charge in [0.2, 0.25) is 0 Å². The Morgan fingerprint density at radius 1 is 1.31 bits per heavy atom. The van der Waals surface area contributed by atoms with Crippen LogP contribution in [0.15, 0.2) is 18.2 Å². The normalized spacial score (nSPS) is 15.8. The van der Waals surface area contributed by atoms with Gasteiger partial charge in [-0.2, -0.15) is 0 Å². The highest BCUT2D eigenvalue weighted by molar-refractivity contribution is 6.30. The molecule has 1 aliphatic rings. The monoisotopic (exact) mass is 242 g/mol. The van der Waals surface area contributed by atoms with Crippen LogP contribution in [0.25, 0.3) is 0 Å². The van der Waals surface area contributed by atoms with Crippen molar-refractivity contribution in [1.29, 1.82) is 0 Å². The van der Waals surface area contributed by atoms with Crippen molar-refractivity contribution < 1.29 is 10.7 Å². The minimum Gasteiger partial charge on any atom is -0.870 e. The van der Waals surface area contributed by atoms with Gasteiger partial charge in [0.05, 0.1) is 0 Å². The summed E-state index contributed by atoms with van der Waals surface area (Å²) in [5.41, 5.74) is 1.62. The summed E-state index contributed by atoms with van der Waals surface area (Å²) in [5.74, 6) is 0. The molecule has 1 saturated heterocycles. The number of hydrogen-bond acceptors (Lipinski definition) is 3. The molecule has 0 aromatic heterocycles. The van der Waals surface area contributed by atoms with E-state index in [4.69, 9.17) is 11.6 Å². The first-order chi connectivity index (χ1) is 7.29. The summed E-state index contributed by atoms with van der Waals surface area (Å²) in [4.78, 5) is 13.1. The maximum atomic E-state index is 10.7. The molecule has 5 heteroatoms. The highest BCUT2D eigenvalue weighted by Gasteiger charge is 2.16. The van der Waals surface area contributed by atoms with Gasteiger partial charge in [-0.15, -0.1) is 0 Å². The average molecular weight is 243 g/mol. The lowest BCUT2D eigenvalue weighted by Gasteiger charge is -2.13. The molecule has 0 radical (unpaired) electrons. The van der Waals surface area contributed by atoms with Crippen molar-refractivity contribution in [3.05, 3.63) is 33.7 Å². The third-order valence-electron chi connectivity index (χ3n) is 2.77. The molecular formula is C11H15ClN2O2. The zero-order chi connectivity index (χ0) is 10.7. The van der Waals surface area contributed by atoms with Gasteiger partial charge in [0.15, 0.2) is 0 Å². The summed E-state index contributed by atoms with van der Waals surface area (Å²) in [6.45, 7) is 3.04. The van der Waals surface area contributed by atoms with Gasteiger partial charge in [0.1, 0.15) is 0 Å². The van der Waals surface area contributed by atoms with Gasteiger partial charge in [-0.1, -0.05) is 11.6 Å². The molecular weight excluding hydrogens is 228 g/mol. The van der Waals surface area contributed by atoms with Gasteiger partial charge in [-0.3, -0.25) is 4.90 Å². The van der Waals surface area contributed by atoms with Crippen molar-refractivity contribution in [2.24, 2.45) is 0 Å². The number of likely N-dealkylation sites (tertiary alicyclic amines) is 1. The van der Waals surface area contributed by atoms with E-state index in [1.165, 1.54) is 12.8 Å². The maximum absolute atomic E-state index is 10.7. The van der Waals surface area contributed by atoms with E-state index < -0.39 is 0 Å². The Bertz CT molecular complexity index is 365. The minimum atomic E-state index is 0. The molecule has 1 heterocycles. The molecule has 0 spiro atoms.